The summed E-state index contributed by atoms with van der Waals surface area (Å²) >= 11 is 6.03. The molecule has 1 aromatic carbocycles. The fraction of sp³-hybridized carbons (Fsp3) is 0.409. The molecule has 0 aliphatic carbocycles. The first kappa shape index (κ1) is 18.6. The zero-order valence-electron chi connectivity index (χ0n) is 16.6. The van der Waals surface area contributed by atoms with Gasteiger partial charge in [0.15, 0.2) is 5.65 Å². The number of fused-ring (bicyclic) bond motifs is 2. The first-order chi connectivity index (χ1) is 14.0. The van der Waals surface area contributed by atoms with Gasteiger partial charge in [-0.25, -0.2) is 9.97 Å². The Morgan fingerprint density at radius 1 is 1.28 bits per heavy atom. The highest BCUT2D eigenvalue weighted by Gasteiger charge is 2.44. The number of hydrogen-bond acceptors (Lipinski definition) is 4. The average Bonchev–Trinajstić information content (AvgIpc) is 3.31. The average molecular weight is 410 g/mol. The van der Waals surface area contributed by atoms with Gasteiger partial charge in [-0.3, -0.25) is 4.79 Å². The number of nitrogens with one attached hydrogen (secondary N) is 1. The SMILES string of the molecule is Cc1nc2ncc(C3CN(C)C(=O)C4NCCC43)cc2n1Cc1ccc(Cl)cc1. The Balaban J connectivity index is 1.53. The highest BCUT2D eigenvalue weighted by atomic mass is 35.5. The number of likely N-dealkylation sites (N-methyl/N-ethyl adjacent to an activating group) is 1. The monoisotopic (exact) mass is 409 g/mol. The Morgan fingerprint density at radius 3 is 2.86 bits per heavy atom. The Morgan fingerprint density at radius 2 is 2.07 bits per heavy atom. The predicted octanol–water partition coefficient (Wildman–Crippen LogP) is 2.98. The minimum Gasteiger partial charge on any atom is -0.344 e. The number of halogens is 1. The summed E-state index contributed by atoms with van der Waals surface area (Å²) in [5, 5.41) is 4.13. The van der Waals surface area contributed by atoms with E-state index in [9.17, 15) is 4.79 Å². The lowest BCUT2D eigenvalue weighted by molar-refractivity contribution is -0.136. The third kappa shape index (κ3) is 3.20. The van der Waals surface area contributed by atoms with Crippen molar-refractivity contribution >= 4 is 28.7 Å². The van der Waals surface area contributed by atoms with Gasteiger partial charge in [0.2, 0.25) is 5.91 Å². The molecule has 3 unspecified atom stereocenters. The second-order valence-electron chi connectivity index (χ2n) is 8.19. The van der Waals surface area contributed by atoms with Gasteiger partial charge in [0, 0.05) is 37.3 Å². The van der Waals surface area contributed by atoms with Gasteiger partial charge in [0.05, 0.1) is 11.6 Å². The molecule has 7 heteroatoms. The van der Waals surface area contributed by atoms with Crippen LogP contribution in [0.2, 0.25) is 5.02 Å². The molecular weight excluding hydrogens is 386 g/mol. The molecule has 0 bridgehead atoms. The number of hydrogen-bond donors (Lipinski definition) is 1. The van der Waals surface area contributed by atoms with Crippen LogP contribution >= 0.6 is 11.6 Å². The number of carbonyl (C=O) groups excluding carboxylic acids is 1. The van der Waals surface area contributed by atoms with Crippen LogP contribution in [-0.4, -0.2) is 51.5 Å². The fourth-order valence-corrected chi connectivity index (χ4v) is 4.97. The van der Waals surface area contributed by atoms with Gasteiger partial charge in [-0.15, -0.1) is 0 Å². The predicted molar refractivity (Wildman–Crippen MR) is 113 cm³/mol. The van der Waals surface area contributed by atoms with Gasteiger partial charge in [0.1, 0.15) is 5.82 Å². The van der Waals surface area contributed by atoms with Crippen LogP contribution in [0, 0.1) is 12.8 Å². The van der Waals surface area contributed by atoms with E-state index in [2.05, 4.69) is 25.9 Å². The number of amides is 1. The second-order valence-corrected chi connectivity index (χ2v) is 8.63. The number of carbonyl (C=O) groups is 1. The van der Waals surface area contributed by atoms with Crippen LogP contribution in [0.1, 0.15) is 29.3 Å². The molecule has 2 fully saturated rings. The number of aryl methyl sites for hydroxylation is 1. The summed E-state index contributed by atoms with van der Waals surface area (Å²) in [5.74, 6) is 1.76. The molecule has 2 aliphatic rings. The molecule has 0 spiro atoms. The minimum atomic E-state index is -0.0739. The molecule has 2 saturated heterocycles. The van der Waals surface area contributed by atoms with Crippen molar-refractivity contribution in [2.75, 3.05) is 20.1 Å². The van der Waals surface area contributed by atoms with E-state index in [0.717, 1.165) is 48.1 Å². The molecule has 1 amide bonds. The first-order valence-electron chi connectivity index (χ1n) is 10.1. The van der Waals surface area contributed by atoms with Crippen LogP contribution in [-0.2, 0) is 11.3 Å². The number of aromatic nitrogens is 3. The lowest BCUT2D eigenvalue weighted by Gasteiger charge is -2.38. The van der Waals surface area contributed by atoms with Crippen LogP contribution in [0.25, 0.3) is 11.2 Å². The Hall–Kier alpha value is -2.44. The highest BCUT2D eigenvalue weighted by molar-refractivity contribution is 6.30. The van der Waals surface area contributed by atoms with E-state index in [-0.39, 0.29) is 17.9 Å². The lowest BCUT2D eigenvalue weighted by atomic mass is 9.78. The molecule has 2 aromatic heterocycles. The van der Waals surface area contributed by atoms with Crippen LogP contribution in [0.5, 0.6) is 0 Å². The number of rotatable bonds is 3. The summed E-state index contributed by atoms with van der Waals surface area (Å²) in [4.78, 5) is 23.7. The molecule has 4 heterocycles. The van der Waals surface area contributed by atoms with Crippen molar-refractivity contribution in [3.8, 4) is 0 Å². The van der Waals surface area contributed by atoms with Crippen molar-refractivity contribution in [2.24, 2.45) is 5.92 Å². The Labute approximate surface area is 174 Å². The summed E-state index contributed by atoms with van der Waals surface area (Å²) in [6.45, 7) is 4.37. The van der Waals surface area contributed by atoms with Gasteiger partial charge in [-0.05, 0) is 55.1 Å². The second kappa shape index (κ2) is 7.11. The molecule has 3 aromatic rings. The quantitative estimate of drug-likeness (QED) is 0.722. The molecule has 150 valence electrons. The Kier molecular flexibility index (Phi) is 4.56. The molecule has 6 nitrogen and oxygen atoms in total. The summed E-state index contributed by atoms with van der Waals surface area (Å²) < 4.78 is 2.21. The van der Waals surface area contributed by atoms with Crippen LogP contribution in [0.4, 0.5) is 0 Å². The molecule has 1 N–H and O–H groups in total. The van der Waals surface area contributed by atoms with Gasteiger partial charge in [-0.1, -0.05) is 23.7 Å². The standard InChI is InChI=1S/C22H24ClN5O/c1-13-26-21-19(28(13)11-14-3-5-16(23)6-4-14)9-15(10-25-21)18-12-27(2)22(29)20-17(18)7-8-24-20/h3-6,9-10,17-18,20,24H,7-8,11-12H2,1-2H3. The summed E-state index contributed by atoms with van der Waals surface area (Å²) in [6, 6.07) is 10.1. The molecular formula is C22H24ClN5O. The summed E-state index contributed by atoms with van der Waals surface area (Å²) in [5.41, 5.74) is 4.16. The van der Waals surface area contributed by atoms with E-state index in [0.29, 0.717) is 5.92 Å². The van der Waals surface area contributed by atoms with E-state index in [1.54, 1.807) is 0 Å². The van der Waals surface area contributed by atoms with Crippen molar-refractivity contribution in [1.82, 2.24) is 24.8 Å². The maximum Gasteiger partial charge on any atom is 0.239 e. The maximum absolute atomic E-state index is 12.5. The lowest BCUT2D eigenvalue weighted by Crippen LogP contribution is -2.52. The van der Waals surface area contributed by atoms with E-state index >= 15 is 0 Å². The molecule has 2 aliphatic heterocycles. The van der Waals surface area contributed by atoms with Crippen molar-refractivity contribution in [1.29, 1.82) is 0 Å². The van der Waals surface area contributed by atoms with E-state index in [4.69, 9.17) is 11.6 Å². The molecule has 0 radical (unpaired) electrons. The third-order valence-electron chi connectivity index (χ3n) is 6.40. The summed E-state index contributed by atoms with van der Waals surface area (Å²) in [7, 11) is 1.90. The van der Waals surface area contributed by atoms with Gasteiger partial charge >= 0.3 is 0 Å². The van der Waals surface area contributed by atoms with E-state index < -0.39 is 0 Å². The van der Waals surface area contributed by atoms with Crippen molar-refractivity contribution in [3.05, 3.63) is 58.5 Å². The van der Waals surface area contributed by atoms with Crippen LogP contribution in [0.15, 0.2) is 36.5 Å². The van der Waals surface area contributed by atoms with E-state index in [1.165, 1.54) is 11.1 Å². The number of nitrogens with zero attached hydrogens (tertiary/aromatic N) is 4. The minimum absolute atomic E-state index is 0.0739. The normalized spacial score (nSPS) is 24.3. The Bertz CT molecular complexity index is 1080. The number of pyridine rings is 1. The number of benzene rings is 1. The highest BCUT2D eigenvalue weighted by Crippen LogP contribution is 2.38. The number of piperidine rings is 1. The number of likely N-dealkylation sites (tertiary alicyclic amines) is 1. The maximum atomic E-state index is 12.5. The van der Waals surface area contributed by atoms with Crippen molar-refractivity contribution in [2.45, 2.75) is 31.8 Å². The van der Waals surface area contributed by atoms with Crippen molar-refractivity contribution < 1.29 is 4.79 Å². The molecule has 5 rings (SSSR count). The summed E-state index contributed by atoms with van der Waals surface area (Å²) in [6.07, 6.45) is 2.97. The van der Waals surface area contributed by atoms with Crippen molar-refractivity contribution in [3.63, 3.8) is 0 Å². The topological polar surface area (TPSA) is 63.1 Å². The largest absolute Gasteiger partial charge is 0.344 e. The zero-order chi connectivity index (χ0) is 20.1. The van der Waals surface area contributed by atoms with Gasteiger partial charge in [-0.2, -0.15) is 0 Å². The molecule has 29 heavy (non-hydrogen) atoms. The number of imidazole rings is 1. The van der Waals surface area contributed by atoms with E-state index in [1.807, 2.05) is 49.3 Å². The molecule has 3 atom stereocenters. The van der Waals surface area contributed by atoms with Gasteiger partial charge in [0.25, 0.3) is 0 Å². The van der Waals surface area contributed by atoms with Crippen LogP contribution in [0.3, 0.4) is 0 Å². The van der Waals surface area contributed by atoms with Gasteiger partial charge < -0.3 is 14.8 Å². The fourth-order valence-electron chi connectivity index (χ4n) is 4.85. The molecule has 0 saturated carbocycles. The first-order valence-corrected chi connectivity index (χ1v) is 10.4. The third-order valence-corrected chi connectivity index (χ3v) is 6.65. The zero-order valence-corrected chi connectivity index (χ0v) is 17.4. The van der Waals surface area contributed by atoms with Crippen LogP contribution < -0.4 is 5.32 Å². The smallest absolute Gasteiger partial charge is 0.239 e.